The Labute approximate surface area is 195 Å². The highest BCUT2D eigenvalue weighted by atomic mass is 16.5. The van der Waals surface area contributed by atoms with Gasteiger partial charge in [-0.3, -0.25) is 9.59 Å². The largest absolute Gasteiger partial charge is 0.497 e. The fraction of sp³-hybridized carbons (Fsp3) is 0.423. The molecule has 0 unspecified atom stereocenters. The van der Waals surface area contributed by atoms with E-state index < -0.39 is 0 Å². The van der Waals surface area contributed by atoms with Gasteiger partial charge >= 0.3 is 0 Å². The lowest BCUT2D eigenvalue weighted by Gasteiger charge is -2.26. The number of hydrogen-bond donors (Lipinski definition) is 0. The van der Waals surface area contributed by atoms with Gasteiger partial charge in [0.15, 0.2) is 0 Å². The molecule has 0 bridgehead atoms. The predicted molar refractivity (Wildman–Crippen MR) is 126 cm³/mol. The van der Waals surface area contributed by atoms with Crippen molar-refractivity contribution in [1.29, 1.82) is 0 Å². The van der Waals surface area contributed by atoms with Crippen molar-refractivity contribution < 1.29 is 19.1 Å². The standard InChI is InChI=1S/C26H31N3O4/c1-28(26(31)18-9-4-5-10-18)17-25(30)29-23(21-13-6-7-14-24(21)33-3)16-22(27-29)19-11-8-12-20(15-19)32-2/h6-8,11-15,18,23H,4-5,9-10,16-17H2,1-3H3/t23-/m0/s1. The van der Waals surface area contributed by atoms with Crippen molar-refractivity contribution >= 4 is 17.5 Å². The van der Waals surface area contributed by atoms with Crippen LogP contribution in [0, 0.1) is 5.92 Å². The number of hydrazone groups is 1. The summed E-state index contributed by atoms with van der Waals surface area (Å²) in [6.45, 7) is -0.00409. The van der Waals surface area contributed by atoms with Crippen molar-refractivity contribution in [2.24, 2.45) is 11.0 Å². The first-order valence-corrected chi connectivity index (χ1v) is 11.4. The first-order chi connectivity index (χ1) is 16.0. The number of carbonyl (C=O) groups is 2. The third-order valence-corrected chi connectivity index (χ3v) is 6.52. The summed E-state index contributed by atoms with van der Waals surface area (Å²) in [5.41, 5.74) is 2.59. The molecule has 7 nitrogen and oxygen atoms in total. The van der Waals surface area contributed by atoms with Gasteiger partial charge in [-0.1, -0.05) is 43.2 Å². The zero-order valence-electron chi connectivity index (χ0n) is 19.5. The molecule has 0 aromatic heterocycles. The van der Waals surface area contributed by atoms with Crippen LogP contribution in [0.2, 0.25) is 0 Å². The number of carbonyl (C=O) groups excluding carboxylic acids is 2. The Morgan fingerprint density at radius 1 is 1.06 bits per heavy atom. The molecule has 4 rings (SSSR count). The molecule has 1 heterocycles. The molecule has 2 aliphatic rings. The van der Waals surface area contributed by atoms with E-state index in [0.717, 1.165) is 48.3 Å². The average Bonchev–Trinajstić information content (AvgIpc) is 3.54. The van der Waals surface area contributed by atoms with Crippen LogP contribution in [0.1, 0.15) is 49.3 Å². The van der Waals surface area contributed by atoms with Gasteiger partial charge in [0.1, 0.15) is 18.0 Å². The molecular formula is C26H31N3O4. The summed E-state index contributed by atoms with van der Waals surface area (Å²) in [5.74, 6) is 1.30. The number of nitrogens with zero attached hydrogens (tertiary/aromatic N) is 3. The zero-order chi connectivity index (χ0) is 23.4. The van der Waals surface area contributed by atoms with Crippen molar-refractivity contribution in [3.05, 3.63) is 59.7 Å². The van der Waals surface area contributed by atoms with Crippen LogP contribution in [0.3, 0.4) is 0 Å². The fourth-order valence-electron chi connectivity index (χ4n) is 4.74. The Bertz CT molecular complexity index is 1050. The van der Waals surface area contributed by atoms with Gasteiger partial charge in [0.25, 0.3) is 5.91 Å². The van der Waals surface area contributed by atoms with Gasteiger partial charge in [-0.05, 0) is 31.0 Å². The summed E-state index contributed by atoms with van der Waals surface area (Å²) in [6, 6.07) is 15.0. The molecule has 1 fully saturated rings. The summed E-state index contributed by atoms with van der Waals surface area (Å²) >= 11 is 0. The van der Waals surface area contributed by atoms with Gasteiger partial charge in [-0.2, -0.15) is 5.10 Å². The van der Waals surface area contributed by atoms with Crippen molar-refractivity contribution in [3.8, 4) is 11.5 Å². The maximum absolute atomic E-state index is 13.4. The normalized spacial score (nSPS) is 18.2. The van der Waals surface area contributed by atoms with Gasteiger partial charge in [0.05, 0.1) is 26.0 Å². The molecule has 174 valence electrons. The highest BCUT2D eigenvalue weighted by Gasteiger charge is 2.36. The molecule has 1 aliphatic carbocycles. The Kier molecular flexibility index (Phi) is 6.96. The van der Waals surface area contributed by atoms with E-state index in [1.165, 1.54) is 5.01 Å². The zero-order valence-corrected chi connectivity index (χ0v) is 19.5. The number of hydrogen-bond acceptors (Lipinski definition) is 5. The van der Waals surface area contributed by atoms with E-state index in [1.807, 2.05) is 48.5 Å². The number of para-hydroxylation sites is 1. The van der Waals surface area contributed by atoms with E-state index >= 15 is 0 Å². The predicted octanol–water partition coefficient (Wildman–Crippen LogP) is 4.03. The molecule has 0 spiro atoms. The van der Waals surface area contributed by atoms with Gasteiger partial charge < -0.3 is 14.4 Å². The molecule has 1 aliphatic heterocycles. The Morgan fingerprint density at radius 2 is 1.82 bits per heavy atom. The van der Waals surface area contributed by atoms with E-state index in [9.17, 15) is 9.59 Å². The van der Waals surface area contributed by atoms with Gasteiger partial charge in [0.2, 0.25) is 5.91 Å². The minimum absolute atomic E-state index is 0.00409. The van der Waals surface area contributed by atoms with Gasteiger partial charge in [-0.15, -0.1) is 0 Å². The van der Waals surface area contributed by atoms with Crippen LogP contribution >= 0.6 is 0 Å². The van der Waals surface area contributed by atoms with Crippen molar-refractivity contribution in [2.45, 2.75) is 38.1 Å². The number of amides is 2. The van der Waals surface area contributed by atoms with Crippen LogP contribution in [0.25, 0.3) is 0 Å². The molecule has 2 aromatic carbocycles. The second-order valence-electron chi connectivity index (χ2n) is 8.65. The van der Waals surface area contributed by atoms with E-state index in [4.69, 9.17) is 14.6 Å². The minimum atomic E-state index is -0.315. The lowest BCUT2D eigenvalue weighted by Crippen LogP contribution is -2.41. The lowest BCUT2D eigenvalue weighted by atomic mass is 9.97. The maximum Gasteiger partial charge on any atom is 0.262 e. The number of likely N-dealkylation sites (N-methyl/N-ethyl adjacent to an activating group) is 1. The van der Waals surface area contributed by atoms with E-state index in [1.54, 1.807) is 26.2 Å². The summed E-state index contributed by atoms with van der Waals surface area (Å²) < 4.78 is 10.9. The number of ether oxygens (including phenoxy) is 2. The quantitative estimate of drug-likeness (QED) is 0.640. The first kappa shape index (κ1) is 22.8. The maximum atomic E-state index is 13.4. The monoisotopic (exact) mass is 449 g/mol. The van der Waals surface area contributed by atoms with Crippen LogP contribution < -0.4 is 9.47 Å². The number of methoxy groups -OCH3 is 2. The molecule has 1 saturated carbocycles. The molecule has 2 aromatic rings. The highest BCUT2D eigenvalue weighted by Crippen LogP contribution is 2.38. The van der Waals surface area contributed by atoms with Gasteiger partial charge in [0, 0.05) is 30.5 Å². The highest BCUT2D eigenvalue weighted by molar-refractivity contribution is 6.03. The summed E-state index contributed by atoms with van der Waals surface area (Å²) in [4.78, 5) is 27.8. The third kappa shape index (κ3) is 4.87. The van der Waals surface area contributed by atoms with Crippen molar-refractivity contribution in [1.82, 2.24) is 9.91 Å². The molecule has 0 radical (unpaired) electrons. The average molecular weight is 450 g/mol. The summed E-state index contributed by atoms with van der Waals surface area (Å²) in [6.07, 6.45) is 4.51. The second-order valence-corrected chi connectivity index (χ2v) is 8.65. The molecule has 7 heteroatoms. The number of benzene rings is 2. The van der Waals surface area contributed by atoms with E-state index in [2.05, 4.69) is 0 Å². The number of rotatable bonds is 7. The van der Waals surface area contributed by atoms with Crippen molar-refractivity contribution in [3.63, 3.8) is 0 Å². The first-order valence-electron chi connectivity index (χ1n) is 11.4. The smallest absolute Gasteiger partial charge is 0.262 e. The Hall–Kier alpha value is -3.35. The minimum Gasteiger partial charge on any atom is -0.497 e. The van der Waals surface area contributed by atoms with Crippen LogP contribution in [0.5, 0.6) is 11.5 Å². The summed E-state index contributed by atoms with van der Waals surface area (Å²) in [5, 5.41) is 6.25. The van der Waals surface area contributed by atoms with E-state index in [-0.39, 0.29) is 30.3 Å². The lowest BCUT2D eigenvalue weighted by molar-refractivity contribution is -0.142. The second kappa shape index (κ2) is 10.1. The van der Waals surface area contributed by atoms with Crippen LogP contribution in [-0.4, -0.2) is 55.2 Å². The molecule has 2 amide bonds. The third-order valence-electron chi connectivity index (χ3n) is 6.52. The molecule has 0 saturated heterocycles. The molecular weight excluding hydrogens is 418 g/mol. The van der Waals surface area contributed by atoms with Crippen LogP contribution in [-0.2, 0) is 9.59 Å². The SMILES string of the molecule is COc1cccc(C2=NN(C(=O)CN(C)C(=O)C3CCCC3)[C@H](c3ccccc3OC)C2)c1. The molecule has 0 N–H and O–H groups in total. The van der Waals surface area contributed by atoms with Crippen LogP contribution in [0.15, 0.2) is 53.6 Å². The molecule has 33 heavy (non-hydrogen) atoms. The van der Waals surface area contributed by atoms with Gasteiger partial charge in [-0.25, -0.2) is 5.01 Å². The van der Waals surface area contributed by atoms with E-state index in [0.29, 0.717) is 12.2 Å². The fourth-order valence-corrected chi connectivity index (χ4v) is 4.74. The Balaban J connectivity index is 1.61. The van der Waals surface area contributed by atoms with Crippen molar-refractivity contribution in [2.75, 3.05) is 27.8 Å². The Morgan fingerprint density at radius 3 is 2.55 bits per heavy atom. The summed E-state index contributed by atoms with van der Waals surface area (Å²) in [7, 11) is 4.96. The molecule has 1 atom stereocenters. The van der Waals surface area contributed by atoms with Crippen LogP contribution in [0.4, 0.5) is 0 Å². The topological polar surface area (TPSA) is 71.4 Å².